The lowest BCUT2D eigenvalue weighted by Gasteiger charge is -2.11. The second kappa shape index (κ2) is 2.92. The lowest BCUT2D eigenvalue weighted by atomic mass is 10.1. The van der Waals surface area contributed by atoms with E-state index in [0.717, 1.165) is 6.07 Å². The molecule has 0 unspecified atom stereocenters. The Hall–Kier alpha value is -1.16. The van der Waals surface area contributed by atoms with Gasteiger partial charge in [0.15, 0.2) is 11.6 Å². The van der Waals surface area contributed by atoms with Crippen LogP contribution < -0.4 is 4.74 Å². The third-order valence-electron chi connectivity index (χ3n) is 2.47. The Morgan fingerprint density at radius 2 is 1.93 bits per heavy atom. The maximum absolute atomic E-state index is 13.2. The van der Waals surface area contributed by atoms with Crippen LogP contribution >= 0.6 is 0 Å². The topological polar surface area (TPSA) is 29.5 Å². The highest BCUT2D eigenvalue weighted by Crippen LogP contribution is 2.47. The summed E-state index contributed by atoms with van der Waals surface area (Å²) in [6, 6.07) is 1.96. The molecule has 0 bridgehead atoms. The molecule has 0 heterocycles. The zero-order chi connectivity index (χ0) is 10.3. The molecule has 0 saturated heterocycles. The van der Waals surface area contributed by atoms with Crippen molar-refractivity contribution in [1.29, 1.82) is 0 Å². The zero-order valence-corrected chi connectivity index (χ0v) is 7.68. The second-order valence-electron chi connectivity index (χ2n) is 3.50. The van der Waals surface area contributed by atoms with Crippen molar-refractivity contribution in [2.45, 2.75) is 18.4 Å². The Balaban J connectivity index is 2.50. The van der Waals surface area contributed by atoms with E-state index in [1.54, 1.807) is 0 Å². The summed E-state index contributed by atoms with van der Waals surface area (Å²) in [5.74, 6) is -1.51. The van der Waals surface area contributed by atoms with Gasteiger partial charge in [0.05, 0.1) is 12.7 Å². The maximum Gasteiger partial charge on any atom is 0.167 e. The number of rotatable bonds is 2. The lowest BCUT2D eigenvalue weighted by molar-refractivity contribution is 0.146. The summed E-state index contributed by atoms with van der Waals surface area (Å²) in [6.07, 6.45) is 1.03. The fourth-order valence-corrected chi connectivity index (χ4v) is 1.43. The molecule has 0 atom stereocenters. The van der Waals surface area contributed by atoms with Crippen molar-refractivity contribution in [2.24, 2.45) is 0 Å². The Morgan fingerprint density at radius 1 is 1.29 bits per heavy atom. The van der Waals surface area contributed by atoms with E-state index in [-0.39, 0.29) is 11.3 Å². The van der Waals surface area contributed by atoms with Crippen molar-refractivity contribution in [3.63, 3.8) is 0 Å². The van der Waals surface area contributed by atoms with Gasteiger partial charge >= 0.3 is 0 Å². The minimum absolute atomic E-state index is 0.0401. The molecule has 2 rings (SSSR count). The average Bonchev–Trinajstić information content (AvgIpc) is 2.85. The van der Waals surface area contributed by atoms with Crippen molar-refractivity contribution in [2.75, 3.05) is 7.11 Å². The Kier molecular flexibility index (Phi) is 1.96. The first-order valence-corrected chi connectivity index (χ1v) is 4.33. The van der Waals surface area contributed by atoms with Gasteiger partial charge < -0.3 is 9.84 Å². The van der Waals surface area contributed by atoms with E-state index < -0.39 is 17.2 Å². The van der Waals surface area contributed by atoms with E-state index in [9.17, 15) is 13.9 Å². The number of ether oxygens (including phenoxy) is 1. The lowest BCUT2D eigenvalue weighted by Crippen LogP contribution is -2.08. The van der Waals surface area contributed by atoms with Crippen LogP contribution in [0.3, 0.4) is 0 Å². The van der Waals surface area contributed by atoms with Crippen LogP contribution in [0.4, 0.5) is 8.78 Å². The van der Waals surface area contributed by atoms with E-state index >= 15 is 0 Å². The normalized spacial score (nSPS) is 18.0. The van der Waals surface area contributed by atoms with E-state index in [2.05, 4.69) is 0 Å². The van der Waals surface area contributed by atoms with Crippen molar-refractivity contribution >= 4 is 0 Å². The van der Waals surface area contributed by atoms with Crippen LogP contribution in [0, 0.1) is 11.6 Å². The number of methoxy groups -OCH3 is 1. The Labute approximate surface area is 80.1 Å². The molecule has 76 valence electrons. The zero-order valence-electron chi connectivity index (χ0n) is 7.68. The van der Waals surface area contributed by atoms with Gasteiger partial charge in [-0.3, -0.25) is 0 Å². The van der Waals surface area contributed by atoms with Gasteiger partial charge in [-0.1, -0.05) is 0 Å². The summed E-state index contributed by atoms with van der Waals surface area (Å²) in [6.45, 7) is 0. The predicted molar refractivity (Wildman–Crippen MR) is 46.0 cm³/mol. The third-order valence-corrected chi connectivity index (χ3v) is 2.47. The summed E-state index contributed by atoms with van der Waals surface area (Å²) >= 11 is 0. The number of aliphatic hydroxyl groups is 1. The minimum Gasteiger partial charge on any atom is -0.494 e. The van der Waals surface area contributed by atoms with E-state index in [1.165, 1.54) is 13.2 Å². The van der Waals surface area contributed by atoms with E-state index in [4.69, 9.17) is 4.74 Å². The molecule has 2 nitrogen and oxygen atoms in total. The fraction of sp³-hybridized carbons (Fsp3) is 0.400. The molecule has 1 aromatic rings. The van der Waals surface area contributed by atoms with Gasteiger partial charge in [-0.15, -0.1) is 0 Å². The van der Waals surface area contributed by atoms with Gasteiger partial charge in [0.2, 0.25) is 0 Å². The molecule has 1 aromatic carbocycles. The van der Waals surface area contributed by atoms with Crippen LogP contribution in [0.1, 0.15) is 18.4 Å². The maximum atomic E-state index is 13.2. The van der Waals surface area contributed by atoms with E-state index in [1.807, 2.05) is 0 Å². The summed E-state index contributed by atoms with van der Waals surface area (Å²) in [5.41, 5.74) is -0.985. The van der Waals surface area contributed by atoms with Crippen LogP contribution in [-0.4, -0.2) is 12.2 Å². The first-order chi connectivity index (χ1) is 6.57. The predicted octanol–water partition coefficient (Wildman–Crippen LogP) is 1.95. The van der Waals surface area contributed by atoms with Crippen molar-refractivity contribution in [3.8, 4) is 5.75 Å². The molecule has 1 N–H and O–H groups in total. The van der Waals surface area contributed by atoms with Crippen LogP contribution in [0.2, 0.25) is 0 Å². The smallest absolute Gasteiger partial charge is 0.167 e. The van der Waals surface area contributed by atoms with Crippen LogP contribution in [-0.2, 0) is 5.60 Å². The SMILES string of the molecule is COc1cc(C2(O)CC2)c(F)cc1F. The molecule has 0 radical (unpaired) electrons. The molecule has 1 aliphatic carbocycles. The standard InChI is InChI=1S/C10H10F2O2/c1-14-9-4-6(10(13)2-3-10)7(11)5-8(9)12/h4-5,13H,2-3H2,1H3. The fourth-order valence-electron chi connectivity index (χ4n) is 1.43. The summed E-state index contributed by atoms with van der Waals surface area (Å²) in [5, 5.41) is 9.67. The molecule has 0 aromatic heterocycles. The third kappa shape index (κ3) is 1.35. The van der Waals surface area contributed by atoms with Gasteiger partial charge in [0, 0.05) is 11.6 Å². The van der Waals surface area contributed by atoms with Gasteiger partial charge in [-0.2, -0.15) is 0 Å². The summed E-state index contributed by atoms with van der Waals surface area (Å²) in [4.78, 5) is 0. The number of hydrogen-bond acceptors (Lipinski definition) is 2. The summed E-state index contributed by atoms with van der Waals surface area (Å²) in [7, 11) is 1.30. The molecular weight excluding hydrogens is 190 g/mol. The minimum atomic E-state index is -1.11. The van der Waals surface area contributed by atoms with Crippen LogP contribution in [0.15, 0.2) is 12.1 Å². The molecule has 1 saturated carbocycles. The van der Waals surface area contributed by atoms with Crippen molar-refractivity contribution in [3.05, 3.63) is 29.3 Å². The highest BCUT2D eigenvalue weighted by molar-refractivity contribution is 5.37. The molecule has 1 fully saturated rings. The average molecular weight is 200 g/mol. The Bertz CT molecular complexity index is 373. The highest BCUT2D eigenvalue weighted by Gasteiger charge is 2.44. The number of halogens is 2. The highest BCUT2D eigenvalue weighted by atomic mass is 19.1. The molecule has 0 spiro atoms. The van der Waals surface area contributed by atoms with Gasteiger partial charge in [0.1, 0.15) is 5.82 Å². The second-order valence-corrected chi connectivity index (χ2v) is 3.50. The first-order valence-electron chi connectivity index (χ1n) is 4.33. The molecular formula is C10H10F2O2. The van der Waals surface area contributed by atoms with Gasteiger partial charge in [-0.05, 0) is 18.9 Å². The number of hydrogen-bond donors (Lipinski definition) is 1. The Morgan fingerprint density at radius 3 is 2.43 bits per heavy atom. The van der Waals surface area contributed by atoms with Gasteiger partial charge in [0.25, 0.3) is 0 Å². The number of benzene rings is 1. The molecule has 0 aliphatic heterocycles. The van der Waals surface area contributed by atoms with Crippen LogP contribution in [0.5, 0.6) is 5.75 Å². The molecule has 0 amide bonds. The molecule has 1 aliphatic rings. The van der Waals surface area contributed by atoms with Gasteiger partial charge in [-0.25, -0.2) is 8.78 Å². The monoisotopic (exact) mass is 200 g/mol. The van der Waals surface area contributed by atoms with Crippen LogP contribution in [0.25, 0.3) is 0 Å². The quantitative estimate of drug-likeness (QED) is 0.790. The van der Waals surface area contributed by atoms with Crippen molar-refractivity contribution < 1.29 is 18.6 Å². The largest absolute Gasteiger partial charge is 0.494 e. The van der Waals surface area contributed by atoms with Crippen molar-refractivity contribution in [1.82, 2.24) is 0 Å². The first kappa shape index (κ1) is 9.40. The molecule has 4 heteroatoms. The molecule has 14 heavy (non-hydrogen) atoms. The van der Waals surface area contributed by atoms with E-state index in [0.29, 0.717) is 12.8 Å². The summed E-state index contributed by atoms with van der Waals surface area (Å²) < 4.78 is 31.0.